The number of nitrogens with one attached hydrogen (secondary N) is 2. The normalized spacial score (nSPS) is 36.1. The van der Waals surface area contributed by atoms with Gasteiger partial charge in [-0.15, -0.1) is 11.8 Å². The lowest BCUT2D eigenvalue weighted by molar-refractivity contribution is -0.163. The summed E-state index contributed by atoms with van der Waals surface area (Å²) in [4.78, 5) is 29.3. The number of hydrogen-bond acceptors (Lipinski definition) is 6. The first-order valence-electron chi connectivity index (χ1n) is 11.7. The third-order valence-electron chi connectivity index (χ3n) is 7.70. The summed E-state index contributed by atoms with van der Waals surface area (Å²) in [6.07, 6.45) is 4.78. The maximum atomic E-state index is 12.5. The van der Waals surface area contributed by atoms with Gasteiger partial charge in [0.2, 0.25) is 5.91 Å². The Labute approximate surface area is 193 Å². The molecule has 32 heavy (non-hydrogen) atoms. The van der Waals surface area contributed by atoms with Gasteiger partial charge in [-0.2, -0.15) is 0 Å². The molecule has 0 aromatic carbocycles. The van der Waals surface area contributed by atoms with E-state index < -0.39 is 18.0 Å². The highest BCUT2D eigenvalue weighted by Gasteiger charge is 2.60. The predicted molar refractivity (Wildman–Crippen MR) is 123 cm³/mol. The monoisotopic (exact) mass is 465 g/mol. The molecule has 5 atom stereocenters. The van der Waals surface area contributed by atoms with Gasteiger partial charge in [-0.3, -0.25) is 15.1 Å². The summed E-state index contributed by atoms with van der Waals surface area (Å²) in [6.45, 7) is 6.32. The van der Waals surface area contributed by atoms with Crippen molar-refractivity contribution in [2.24, 2.45) is 23.5 Å². The van der Waals surface area contributed by atoms with Crippen LogP contribution in [0.2, 0.25) is 0 Å². The molecule has 4 rings (SSSR count). The van der Waals surface area contributed by atoms with Gasteiger partial charge in [0.15, 0.2) is 5.96 Å². The van der Waals surface area contributed by atoms with Crippen molar-refractivity contribution in [1.82, 2.24) is 15.1 Å². The number of guanidine groups is 1. The number of carbonyl (C=O) groups is 2. The van der Waals surface area contributed by atoms with Crippen LogP contribution in [0.25, 0.3) is 0 Å². The summed E-state index contributed by atoms with van der Waals surface area (Å²) in [5.41, 5.74) is 5.53. The number of rotatable bonds is 7. The Bertz CT molecular complexity index is 810. The molecule has 0 aromatic heterocycles. The fraction of sp³-hybridized carbons (Fsp3) is 0.773. The lowest BCUT2D eigenvalue weighted by Gasteiger charge is -2.46. The van der Waals surface area contributed by atoms with Crippen molar-refractivity contribution in [1.29, 1.82) is 5.41 Å². The number of aliphatic hydroxyl groups is 1. The molecule has 6 N–H and O–H groups in total. The second-order valence-electron chi connectivity index (χ2n) is 9.76. The molecule has 4 aliphatic rings. The van der Waals surface area contributed by atoms with Gasteiger partial charge < -0.3 is 26.2 Å². The number of likely N-dealkylation sites (tertiary alicyclic amines) is 1. The van der Waals surface area contributed by atoms with Crippen LogP contribution in [-0.2, 0) is 9.59 Å². The molecule has 0 radical (unpaired) electrons. The van der Waals surface area contributed by atoms with Crippen molar-refractivity contribution < 1.29 is 19.8 Å². The predicted octanol–water partition coefficient (Wildman–Crippen LogP) is 0.989. The van der Waals surface area contributed by atoms with Crippen LogP contribution in [0.15, 0.2) is 10.6 Å². The molecule has 3 heterocycles. The van der Waals surface area contributed by atoms with Crippen LogP contribution in [0.4, 0.5) is 0 Å². The van der Waals surface area contributed by atoms with E-state index in [9.17, 15) is 19.8 Å². The molecule has 1 aliphatic carbocycles. The third-order valence-corrected chi connectivity index (χ3v) is 9.23. The third kappa shape index (κ3) is 4.24. The van der Waals surface area contributed by atoms with E-state index in [1.807, 2.05) is 6.92 Å². The first-order valence-corrected chi connectivity index (χ1v) is 12.5. The minimum atomic E-state index is -1.05. The number of hydrogen-bond donors (Lipinski definition) is 5. The topological polar surface area (TPSA) is 143 Å². The Morgan fingerprint density at radius 3 is 2.59 bits per heavy atom. The van der Waals surface area contributed by atoms with Gasteiger partial charge >= 0.3 is 5.97 Å². The van der Waals surface area contributed by atoms with Crippen LogP contribution in [0, 0.1) is 23.2 Å². The molecule has 1 amide bonds. The number of β-lactam (4-membered cyclic amide) rings is 1. The number of aliphatic hydroxyl groups excluding tert-OH is 1. The van der Waals surface area contributed by atoms with E-state index in [1.54, 1.807) is 18.7 Å². The van der Waals surface area contributed by atoms with E-state index >= 15 is 0 Å². The Hall–Kier alpha value is -1.78. The van der Waals surface area contributed by atoms with Crippen molar-refractivity contribution in [3.63, 3.8) is 0 Å². The first-order chi connectivity index (χ1) is 15.2. The quantitative estimate of drug-likeness (QED) is 0.213. The number of thioether (sulfide) groups is 1. The molecule has 178 valence electrons. The summed E-state index contributed by atoms with van der Waals surface area (Å²) in [5, 5.41) is 30.4. The van der Waals surface area contributed by atoms with Crippen LogP contribution >= 0.6 is 11.8 Å². The van der Waals surface area contributed by atoms with Crippen molar-refractivity contribution in [3.05, 3.63) is 10.6 Å². The molecule has 10 heteroatoms. The highest BCUT2D eigenvalue weighted by molar-refractivity contribution is 8.03. The summed E-state index contributed by atoms with van der Waals surface area (Å²) in [6, 6.07) is 0.316. The van der Waals surface area contributed by atoms with Crippen molar-refractivity contribution >= 4 is 29.6 Å². The lowest BCUT2D eigenvalue weighted by Crippen LogP contribution is -2.63. The van der Waals surface area contributed by atoms with Crippen molar-refractivity contribution in [2.75, 3.05) is 19.6 Å². The molecule has 0 aromatic rings. The highest BCUT2D eigenvalue weighted by Crippen LogP contribution is 2.52. The average molecular weight is 466 g/mol. The smallest absolute Gasteiger partial charge is 0.353 e. The van der Waals surface area contributed by atoms with Crippen molar-refractivity contribution in [2.45, 2.75) is 69.4 Å². The van der Waals surface area contributed by atoms with E-state index in [1.165, 1.54) is 4.90 Å². The van der Waals surface area contributed by atoms with Gasteiger partial charge in [0, 0.05) is 35.2 Å². The standard InChI is InChI=1S/C22H35N5O4S/c1-11-17-16(12(2)28)20(29)27(17)18(21(30)31)19(11)32-15-7-8-26(10-15)14-5-3-13(4-6-14)9-25-22(23)24/h11-17,28H,3-10H2,1-2H3,(H,30,31)(H4,23,24,25)/t11-,12-,13?,14?,15-,16-,17-/m1/s1. The minimum absolute atomic E-state index is 0.0361. The molecule has 3 fully saturated rings. The van der Waals surface area contributed by atoms with Crippen LogP contribution in [-0.4, -0.2) is 80.9 Å². The zero-order chi connectivity index (χ0) is 23.2. The zero-order valence-corrected chi connectivity index (χ0v) is 19.6. The number of amides is 1. The average Bonchev–Trinajstić information content (AvgIpc) is 3.29. The fourth-order valence-electron chi connectivity index (χ4n) is 6.01. The molecule has 0 spiro atoms. The number of nitrogens with zero attached hydrogens (tertiary/aromatic N) is 2. The summed E-state index contributed by atoms with van der Waals surface area (Å²) >= 11 is 1.64. The Morgan fingerprint density at radius 2 is 2.00 bits per heavy atom. The van der Waals surface area contributed by atoms with E-state index in [-0.39, 0.29) is 29.5 Å². The van der Waals surface area contributed by atoms with E-state index in [2.05, 4.69) is 10.2 Å². The lowest BCUT2D eigenvalue weighted by atomic mass is 9.79. The SMILES string of the molecule is C[C@@H](O)[C@H]1C(=O)N2C(C(=O)O)=C(S[C@@H]3CCN(C4CCC(CNC(=N)N)CC4)C3)[C@H](C)[C@H]12. The van der Waals surface area contributed by atoms with E-state index in [4.69, 9.17) is 11.1 Å². The second-order valence-corrected chi connectivity index (χ2v) is 11.1. The molecule has 0 unspecified atom stereocenters. The number of carboxylic acids is 1. The van der Waals surface area contributed by atoms with Gasteiger partial charge in [-0.05, 0) is 51.5 Å². The number of aliphatic carboxylic acids is 1. The number of fused-ring (bicyclic) bond motifs is 1. The van der Waals surface area contributed by atoms with Crippen LogP contribution in [0.3, 0.4) is 0 Å². The van der Waals surface area contributed by atoms with Gasteiger partial charge in [-0.1, -0.05) is 6.92 Å². The summed E-state index contributed by atoms with van der Waals surface area (Å²) in [5.74, 6) is -1.30. The van der Waals surface area contributed by atoms with E-state index in [0.29, 0.717) is 17.2 Å². The fourth-order valence-corrected chi connectivity index (χ4v) is 7.51. The molecule has 1 saturated carbocycles. The molecule has 3 aliphatic heterocycles. The van der Waals surface area contributed by atoms with Crippen LogP contribution < -0.4 is 11.1 Å². The van der Waals surface area contributed by atoms with Gasteiger partial charge in [0.1, 0.15) is 5.70 Å². The minimum Gasteiger partial charge on any atom is -0.477 e. The van der Waals surface area contributed by atoms with E-state index in [0.717, 1.165) is 56.6 Å². The maximum absolute atomic E-state index is 12.5. The largest absolute Gasteiger partial charge is 0.477 e. The van der Waals surface area contributed by atoms with Crippen LogP contribution in [0.1, 0.15) is 46.0 Å². The Morgan fingerprint density at radius 1 is 1.31 bits per heavy atom. The Kier molecular flexibility index (Phi) is 6.74. The molecular weight excluding hydrogens is 430 g/mol. The first kappa shape index (κ1) is 23.4. The van der Waals surface area contributed by atoms with Crippen LogP contribution in [0.5, 0.6) is 0 Å². The number of carboxylic acid groups (broad SMARTS) is 1. The Balaban J connectivity index is 1.35. The summed E-state index contributed by atoms with van der Waals surface area (Å²) in [7, 11) is 0. The van der Waals surface area contributed by atoms with Gasteiger partial charge in [0.25, 0.3) is 0 Å². The maximum Gasteiger partial charge on any atom is 0.353 e. The zero-order valence-electron chi connectivity index (χ0n) is 18.8. The number of nitrogens with two attached hydrogens (primary N) is 1. The second kappa shape index (κ2) is 9.23. The van der Waals surface area contributed by atoms with Crippen molar-refractivity contribution in [3.8, 4) is 0 Å². The van der Waals surface area contributed by atoms with Gasteiger partial charge in [-0.25, -0.2) is 4.79 Å². The van der Waals surface area contributed by atoms with Gasteiger partial charge in [0.05, 0.1) is 18.1 Å². The summed E-state index contributed by atoms with van der Waals surface area (Å²) < 4.78 is 0. The highest BCUT2D eigenvalue weighted by atomic mass is 32.2. The molecular formula is C22H35N5O4S. The molecule has 2 saturated heterocycles. The number of carbonyl (C=O) groups excluding carboxylic acids is 1. The molecule has 0 bridgehead atoms. The molecule has 9 nitrogen and oxygen atoms in total.